The summed E-state index contributed by atoms with van der Waals surface area (Å²) < 4.78 is 24.7. The van der Waals surface area contributed by atoms with Crippen molar-refractivity contribution >= 4 is 45.4 Å². The van der Waals surface area contributed by atoms with Crippen LogP contribution in [-0.4, -0.2) is 81.9 Å². The van der Waals surface area contributed by atoms with E-state index in [2.05, 4.69) is 33.5 Å². The average Bonchev–Trinajstić information content (AvgIpc) is 3.76. The normalized spacial score (nSPS) is 17.7. The van der Waals surface area contributed by atoms with Crippen LogP contribution < -0.4 is 24.8 Å². The van der Waals surface area contributed by atoms with Crippen LogP contribution in [0.5, 0.6) is 11.6 Å². The predicted octanol–water partition coefficient (Wildman–Crippen LogP) is 1.92. The fraction of sp³-hybridized carbons (Fsp3) is 0.433. The number of pyridine rings is 1. The third kappa shape index (κ3) is 9.11. The number of fused-ring (bicyclic) bond motifs is 1. The Morgan fingerprint density at radius 3 is 2.49 bits per heavy atom. The number of amides is 4. The van der Waals surface area contributed by atoms with E-state index in [0.29, 0.717) is 25.3 Å². The number of carbonyl (C=O) groups is 4. The SMILES string of the molecule is C=CCC(NC(=O)C1CCCN1C(=O)C(C)NC(=O)C=C)C(=O)NS(=O)C1CC1.COc1ccc2c(OC)nccc2c1. The van der Waals surface area contributed by atoms with Crippen LogP contribution >= 0.6 is 0 Å². The summed E-state index contributed by atoms with van der Waals surface area (Å²) in [5.74, 6) is -0.367. The van der Waals surface area contributed by atoms with Gasteiger partial charge in [0.15, 0.2) is 0 Å². The zero-order chi connectivity index (χ0) is 31.5. The Morgan fingerprint density at radius 2 is 1.86 bits per heavy atom. The van der Waals surface area contributed by atoms with Gasteiger partial charge in [0.05, 0.1) is 19.5 Å². The standard InChI is InChI=1S/C19H28N4O5S.C11H11NO2/c1-4-7-14(17(25)22-29(28)13-9-10-13)21-18(26)15-8-6-11-23(15)19(27)12(3)20-16(24)5-2;1-13-9-3-4-10-8(7-9)5-6-12-11(10)14-2/h4-5,12-15H,1-2,6-11H2,3H3,(H,20,24)(H,21,26)(H,22,25);3-7H,1-2H3. The summed E-state index contributed by atoms with van der Waals surface area (Å²) in [7, 11) is 1.81. The maximum Gasteiger partial charge on any atom is 0.254 e. The van der Waals surface area contributed by atoms with E-state index in [1.54, 1.807) is 20.4 Å². The lowest BCUT2D eigenvalue weighted by Gasteiger charge is -2.28. The van der Waals surface area contributed by atoms with Crippen LogP contribution in [0.2, 0.25) is 0 Å². The first-order valence-corrected chi connectivity index (χ1v) is 15.2. The molecule has 232 valence electrons. The maximum atomic E-state index is 12.8. The number of hydrogen-bond acceptors (Lipinski definition) is 8. The highest BCUT2D eigenvalue weighted by atomic mass is 32.2. The minimum absolute atomic E-state index is 0.0192. The van der Waals surface area contributed by atoms with Crippen LogP contribution in [0.15, 0.2) is 55.8 Å². The molecular formula is C30H39N5O7S. The van der Waals surface area contributed by atoms with E-state index in [0.717, 1.165) is 35.4 Å². The van der Waals surface area contributed by atoms with Gasteiger partial charge in [-0.05, 0) is 74.8 Å². The molecule has 13 heteroatoms. The molecule has 1 aliphatic heterocycles. The van der Waals surface area contributed by atoms with Crippen molar-refractivity contribution in [1.82, 2.24) is 25.2 Å². The Morgan fingerprint density at radius 1 is 1.12 bits per heavy atom. The molecule has 1 aliphatic carbocycles. The van der Waals surface area contributed by atoms with Gasteiger partial charge in [-0.3, -0.25) is 23.9 Å². The molecule has 4 unspecified atom stereocenters. The van der Waals surface area contributed by atoms with E-state index in [1.807, 2.05) is 24.3 Å². The molecule has 4 atom stereocenters. The summed E-state index contributed by atoms with van der Waals surface area (Å²) in [6.45, 7) is 8.87. The Kier molecular flexibility index (Phi) is 12.2. The van der Waals surface area contributed by atoms with Gasteiger partial charge in [-0.1, -0.05) is 12.7 Å². The number of hydrogen-bond donors (Lipinski definition) is 3. The number of likely N-dealkylation sites (tertiary alicyclic amines) is 1. The highest BCUT2D eigenvalue weighted by molar-refractivity contribution is 7.84. The summed E-state index contributed by atoms with van der Waals surface area (Å²) in [4.78, 5) is 54.8. The molecule has 0 spiro atoms. The highest BCUT2D eigenvalue weighted by Gasteiger charge is 2.38. The molecule has 4 rings (SSSR count). The van der Waals surface area contributed by atoms with Crippen molar-refractivity contribution in [1.29, 1.82) is 0 Å². The minimum atomic E-state index is -1.46. The van der Waals surface area contributed by atoms with Crippen molar-refractivity contribution < 1.29 is 32.9 Å². The Balaban J connectivity index is 0.000000299. The summed E-state index contributed by atoms with van der Waals surface area (Å²) in [5, 5.41) is 7.18. The average molecular weight is 614 g/mol. The van der Waals surface area contributed by atoms with E-state index in [4.69, 9.17) is 9.47 Å². The summed E-state index contributed by atoms with van der Waals surface area (Å²) in [5.41, 5.74) is 0. The summed E-state index contributed by atoms with van der Waals surface area (Å²) >= 11 is 0. The van der Waals surface area contributed by atoms with Gasteiger partial charge in [-0.25, -0.2) is 9.19 Å². The molecule has 1 aromatic carbocycles. The van der Waals surface area contributed by atoms with Gasteiger partial charge in [-0.15, -0.1) is 6.58 Å². The number of aromatic nitrogens is 1. The van der Waals surface area contributed by atoms with Crippen molar-refractivity contribution in [2.45, 2.75) is 62.4 Å². The van der Waals surface area contributed by atoms with Gasteiger partial charge in [-0.2, -0.15) is 0 Å². The fourth-order valence-corrected chi connectivity index (χ4v) is 5.58. The molecule has 0 bridgehead atoms. The van der Waals surface area contributed by atoms with Gasteiger partial charge in [0.2, 0.25) is 23.6 Å². The fourth-order valence-electron chi connectivity index (χ4n) is 4.51. The van der Waals surface area contributed by atoms with Crippen LogP contribution in [0.25, 0.3) is 10.8 Å². The van der Waals surface area contributed by atoms with Crippen molar-refractivity contribution in [3.63, 3.8) is 0 Å². The quantitative estimate of drug-likeness (QED) is 0.242. The van der Waals surface area contributed by atoms with Crippen LogP contribution in [0.3, 0.4) is 0 Å². The zero-order valence-corrected chi connectivity index (χ0v) is 25.5. The number of carbonyl (C=O) groups excluding carboxylic acids is 4. The monoisotopic (exact) mass is 613 g/mol. The molecule has 0 radical (unpaired) electrons. The largest absolute Gasteiger partial charge is 0.497 e. The van der Waals surface area contributed by atoms with Gasteiger partial charge in [0.25, 0.3) is 5.91 Å². The second-order valence-corrected chi connectivity index (χ2v) is 11.5. The molecule has 2 aliphatic rings. The molecule has 1 aromatic heterocycles. The molecule has 12 nitrogen and oxygen atoms in total. The number of rotatable bonds is 12. The van der Waals surface area contributed by atoms with Gasteiger partial charge < -0.3 is 25.0 Å². The molecule has 2 heterocycles. The van der Waals surface area contributed by atoms with E-state index >= 15 is 0 Å². The van der Waals surface area contributed by atoms with Crippen LogP contribution in [0.1, 0.15) is 39.0 Å². The van der Waals surface area contributed by atoms with Crippen LogP contribution in [-0.2, 0) is 30.2 Å². The van der Waals surface area contributed by atoms with Crippen molar-refractivity contribution in [2.24, 2.45) is 0 Å². The smallest absolute Gasteiger partial charge is 0.254 e. The second kappa shape index (κ2) is 15.8. The molecule has 1 saturated carbocycles. The van der Waals surface area contributed by atoms with Crippen molar-refractivity contribution in [3.8, 4) is 11.6 Å². The number of methoxy groups -OCH3 is 2. The van der Waals surface area contributed by atoms with Crippen LogP contribution in [0.4, 0.5) is 0 Å². The maximum absolute atomic E-state index is 12.8. The number of nitrogens with one attached hydrogen (secondary N) is 3. The third-order valence-corrected chi connectivity index (χ3v) is 8.42. The van der Waals surface area contributed by atoms with Crippen molar-refractivity contribution in [2.75, 3.05) is 20.8 Å². The van der Waals surface area contributed by atoms with Gasteiger partial charge >= 0.3 is 0 Å². The van der Waals surface area contributed by atoms with Gasteiger partial charge in [0.1, 0.15) is 34.9 Å². The molecule has 1 saturated heterocycles. The van der Waals surface area contributed by atoms with E-state index in [-0.39, 0.29) is 17.6 Å². The lowest BCUT2D eigenvalue weighted by atomic mass is 10.1. The number of benzene rings is 1. The molecule has 43 heavy (non-hydrogen) atoms. The Bertz CT molecular complexity index is 1380. The zero-order valence-electron chi connectivity index (χ0n) is 24.7. The topological polar surface area (TPSA) is 156 Å². The van der Waals surface area contributed by atoms with E-state index in [9.17, 15) is 23.4 Å². The molecule has 4 amide bonds. The van der Waals surface area contributed by atoms with E-state index < -0.39 is 46.8 Å². The van der Waals surface area contributed by atoms with Crippen molar-refractivity contribution in [3.05, 3.63) is 55.8 Å². The van der Waals surface area contributed by atoms with Gasteiger partial charge in [0, 0.05) is 18.1 Å². The summed E-state index contributed by atoms with van der Waals surface area (Å²) in [6.07, 6.45) is 7.17. The molecule has 2 aromatic rings. The second-order valence-electron chi connectivity index (χ2n) is 10.1. The van der Waals surface area contributed by atoms with Crippen LogP contribution in [0, 0.1) is 0 Å². The lowest BCUT2D eigenvalue weighted by Crippen LogP contribution is -2.55. The Labute approximate surface area is 253 Å². The molecule has 2 fully saturated rings. The third-order valence-electron chi connectivity index (χ3n) is 6.95. The first-order valence-electron chi connectivity index (χ1n) is 14.0. The van der Waals surface area contributed by atoms with E-state index in [1.165, 1.54) is 17.9 Å². The first kappa shape index (κ1) is 33.2. The molecule has 3 N–H and O–H groups in total. The Hall–Kier alpha value is -4.26. The first-order chi connectivity index (χ1) is 20.6. The minimum Gasteiger partial charge on any atom is -0.497 e. The predicted molar refractivity (Wildman–Crippen MR) is 163 cm³/mol. The summed E-state index contributed by atoms with van der Waals surface area (Å²) in [6, 6.07) is 5.27. The molecular weight excluding hydrogens is 574 g/mol. The number of ether oxygens (including phenoxy) is 2. The highest BCUT2D eigenvalue weighted by Crippen LogP contribution is 2.26. The number of nitrogens with zero attached hydrogens (tertiary/aromatic N) is 2. The lowest BCUT2D eigenvalue weighted by molar-refractivity contribution is -0.141.